The molecule has 0 unspecified atom stereocenters. The van der Waals surface area contributed by atoms with Crippen LogP contribution in [0.2, 0.25) is 0 Å². The Labute approximate surface area is 183 Å². The van der Waals surface area contributed by atoms with Crippen LogP contribution in [0.3, 0.4) is 0 Å². The third-order valence-corrected chi connectivity index (χ3v) is 8.39. The SMILES string of the molecule is O=C(C1CCOCC1)N1CCCCC[C@@H]1C1CCN(c2nc3ccccc3s2)CC1. The highest BCUT2D eigenvalue weighted by Crippen LogP contribution is 2.35. The Morgan fingerprint density at radius 3 is 2.57 bits per heavy atom. The van der Waals surface area contributed by atoms with Crippen LogP contribution in [0.1, 0.15) is 51.4 Å². The first-order valence-electron chi connectivity index (χ1n) is 11.8. The molecule has 30 heavy (non-hydrogen) atoms. The molecule has 0 spiro atoms. The minimum absolute atomic E-state index is 0.183. The number of likely N-dealkylation sites (tertiary alicyclic amines) is 1. The quantitative estimate of drug-likeness (QED) is 0.712. The molecule has 0 aliphatic carbocycles. The number of fused-ring (bicyclic) bond motifs is 1. The smallest absolute Gasteiger partial charge is 0.226 e. The van der Waals surface area contributed by atoms with Crippen molar-refractivity contribution in [2.45, 2.75) is 57.4 Å². The highest BCUT2D eigenvalue weighted by Gasteiger charge is 2.37. The molecule has 3 saturated heterocycles. The molecule has 5 nitrogen and oxygen atoms in total. The highest BCUT2D eigenvalue weighted by atomic mass is 32.1. The molecule has 1 aromatic carbocycles. The first-order chi connectivity index (χ1) is 14.8. The standard InChI is InChI=1S/C24H33N3O2S/c28-23(19-11-16-29-17-12-19)27-13-5-1-2-7-21(27)18-9-14-26(15-10-18)24-25-20-6-3-4-8-22(20)30-24/h3-4,6,8,18-19,21H,1-2,5,7,9-17H2/t21-/m1/s1. The molecule has 162 valence electrons. The zero-order valence-corrected chi connectivity index (χ0v) is 18.6. The lowest BCUT2D eigenvalue weighted by atomic mass is 9.85. The number of ether oxygens (including phenoxy) is 1. The normalized spacial score (nSPS) is 24.9. The minimum Gasteiger partial charge on any atom is -0.381 e. The van der Waals surface area contributed by atoms with Gasteiger partial charge in [-0.25, -0.2) is 4.98 Å². The predicted molar refractivity (Wildman–Crippen MR) is 122 cm³/mol. The third-order valence-electron chi connectivity index (χ3n) is 7.29. The summed E-state index contributed by atoms with van der Waals surface area (Å²) in [4.78, 5) is 23.0. The monoisotopic (exact) mass is 427 g/mol. The van der Waals surface area contributed by atoms with Crippen LogP contribution in [0.15, 0.2) is 24.3 Å². The maximum absolute atomic E-state index is 13.4. The van der Waals surface area contributed by atoms with Crippen molar-refractivity contribution in [2.24, 2.45) is 11.8 Å². The van der Waals surface area contributed by atoms with Gasteiger partial charge >= 0.3 is 0 Å². The highest BCUT2D eigenvalue weighted by molar-refractivity contribution is 7.22. The van der Waals surface area contributed by atoms with Crippen molar-refractivity contribution in [2.75, 3.05) is 37.7 Å². The van der Waals surface area contributed by atoms with Gasteiger partial charge in [-0.2, -0.15) is 0 Å². The van der Waals surface area contributed by atoms with Crippen molar-refractivity contribution in [3.05, 3.63) is 24.3 Å². The largest absolute Gasteiger partial charge is 0.381 e. The number of piperidine rings is 1. The van der Waals surface area contributed by atoms with Gasteiger partial charge in [-0.1, -0.05) is 36.3 Å². The van der Waals surface area contributed by atoms with Gasteiger partial charge in [0.2, 0.25) is 5.91 Å². The van der Waals surface area contributed by atoms with Crippen molar-refractivity contribution in [3.63, 3.8) is 0 Å². The molecular weight excluding hydrogens is 394 g/mol. The van der Waals surface area contributed by atoms with Crippen LogP contribution in [0.25, 0.3) is 10.2 Å². The second kappa shape index (κ2) is 9.23. The molecule has 4 heterocycles. The second-order valence-corrected chi connectivity index (χ2v) is 10.1. The van der Waals surface area contributed by atoms with Gasteiger partial charge in [0.25, 0.3) is 0 Å². The molecule has 1 aromatic heterocycles. The van der Waals surface area contributed by atoms with Gasteiger partial charge in [0.15, 0.2) is 5.13 Å². The second-order valence-electron chi connectivity index (χ2n) is 9.12. The lowest BCUT2D eigenvalue weighted by Crippen LogP contribution is -2.50. The third kappa shape index (κ3) is 4.22. The van der Waals surface area contributed by atoms with E-state index in [0.717, 1.165) is 75.6 Å². The van der Waals surface area contributed by atoms with E-state index in [1.54, 1.807) is 11.3 Å². The zero-order valence-electron chi connectivity index (χ0n) is 17.8. The number of hydrogen-bond acceptors (Lipinski definition) is 5. The fourth-order valence-corrected chi connectivity index (χ4v) is 6.56. The summed E-state index contributed by atoms with van der Waals surface area (Å²) in [6.45, 7) is 4.56. The van der Waals surface area contributed by atoms with Crippen molar-refractivity contribution in [3.8, 4) is 0 Å². The van der Waals surface area contributed by atoms with Crippen molar-refractivity contribution in [1.29, 1.82) is 0 Å². The summed E-state index contributed by atoms with van der Waals surface area (Å²) in [5, 5.41) is 1.16. The minimum atomic E-state index is 0.183. The van der Waals surface area contributed by atoms with Gasteiger partial charge in [0, 0.05) is 44.8 Å². The molecule has 0 radical (unpaired) electrons. The number of aromatic nitrogens is 1. The summed E-state index contributed by atoms with van der Waals surface area (Å²) in [5.74, 6) is 1.22. The van der Waals surface area contributed by atoms with Crippen LogP contribution in [-0.2, 0) is 9.53 Å². The molecule has 2 aromatic rings. The number of para-hydroxylation sites is 1. The summed E-state index contributed by atoms with van der Waals surface area (Å²) >= 11 is 1.81. The molecule has 3 aliphatic heterocycles. The van der Waals surface area contributed by atoms with Crippen molar-refractivity contribution in [1.82, 2.24) is 9.88 Å². The number of carbonyl (C=O) groups excluding carboxylic acids is 1. The van der Waals surface area contributed by atoms with Crippen LogP contribution >= 0.6 is 11.3 Å². The average molecular weight is 428 g/mol. The topological polar surface area (TPSA) is 45.7 Å². The van der Waals surface area contributed by atoms with E-state index in [1.165, 1.54) is 24.0 Å². The Morgan fingerprint density at radius 1 is 0.967 bits per heavy atom. The van der Waals surface area contributed by atoms with Gasteiger partial charge < -0.3 is 14.5 Å². The molecule has 6 heteroatoms. The summed E-state index contributed by atoms with van der Waals surface area (Å²) in [7, 11) is 0. The van der Waals surface area contributed by atoms with Gasteiger partial charge in [0.05, 0.1) is 10.2 Å². The van der Waals surface area contributed by atoms with Gasteiger partial charge in [0.1, 0.15) is 0 Å². The van der Waals surface area contributed by atoms with Gasteiger partial charge in [-0.3, -0.25) is 4.79 Å². The van der Waals surface area contributed by atoms with Gasteiger partial charge in [-0.15, -0.1) is 0 Å². The first kappa shape index (κ1) is 20.3. The number of rotatable bonds is 3. The summed E-state index contributed by atoms with van der Waals surface area (Å²) in [6, 6.07) is 8.85. The zero-order chi connectivity index (χ0) is 20.3. The molecule has 0 bridgehead atoms. The molecule has 5 rings (SSSR count). The van der Waals surface area contributed by atoms with Crippen molar-refractivity contribution >= 4 is 32.6 Å². The van der Waals surface area contributed by atoms with Crippen LogP contribution in [-0.4, -0.2) is 54.7 Å². The first-order valence-corrected chi connectivity index (χ1v) is 12.6. The number of carbonyl (C=O) groups is 1. The fraction of sp³-hybridized carbons (Fsp3) is 0.667. The van der Waals surface area contributed by atoms with E-state index < -0.39 is 0 Å². The average Bonchev–Trinajstić information content (AvgIpc) is 3.09. The molecule has 3 aliphatic rings. The Morgan fingerprint density at radius 2 is 1.77 bits per heavy atom. The van der Waals surface area contributed by atoms with Crippen LogP contribution in [0.5, 0.6) is 0 Å². The van der Waals surface area contributed by atoms with E-state index >= 15 is 0 Å². The summed E-state index contributed by atoms with van der Waals surface area (Å²) in [6.07, 6.45) is 9.00. The maximum atomic E-state index is 13.4. The summed E-state index contributed by atoms with van der Waals surface area (Å²) < 4.78 is 6.77. The number of nitrogens with zero attached hydrogens (tertiary/aromatic N) is 3. The Bertz CT molecular complexity index is 822. The van der Waals surface area contributed by atoms with E-state index in [-0.39, 0.29) is 5.92 Å². The van der Waals surface area contributed by atoms with Crippen LogP contribution in [0, 0.1) is 11.8 Å². The molecular formula is C24H33N3O2S. The predicted octanol–water partition coefficient (Wildman–Crippen LogP) is 4.71. The van der Waals surface area contributed by atoms with Crippen molar-refractivity contribution < 1.29 is 9.53 Å². The summed E-state index contributed by atoms with van der Waals surface area (Å²) in [5.41, 5.74) is 1.11. The van der Waals surface area contributed by atoms with E-state index in [0.29, 0.717) is 17.9 Å². The van der Waals surface area contributed by atoms with Gasteiger partial charge in [-0.05, 0) is 56.6 Å². The lowest BCUT2D eigenvalue weighted by Gasteiger charge is -2.42. The molecule has 3 fully saturated rings. The lowest BCUT2D eigenvalue weighted by molar-refractivity contribution is -0.142. The molecule has 1 atom stereocenters. The maximum Gasteiger partial charge on any atom is 0.226 e. The fourth-order valence-electron chi connectivity index (χ4n) is 5.55. The van der Waals surface area contributed by atoms with Crippen LogP contribution < -0.4 is 4.90 Å². The number of hydrogen-bond donors (Lipinski definition) is 0. The van der Waals surface area contributed by atoms with E-state index in [2.05, 4.69) is 34.1 Å². The number of anilines is 1. The number of benzene rings is 1. The number of amides is 1. The Hall–Kier alpha value is -1.66. The van der Waals surface area contributed by atoms with E-state index in [9.17, 15) is 4.79 Å². The Kier molecular flexibility index (Phi) is 6.23. The molecule has 1 amide bonds. The Balaban J connectivity index is 1.26. The number of thiazole rings is 1. The van der Waals surface area contributed by atoms with Crippen LogP contribution in [0.4, 0.5) is 5.13 Å². The van der Waals surface area contributed by atoms with E-state index in [1.807, 2.05) is 0 Å². The molecule has 0 saturated carbocycles. The van der Waals surface area contributed by atoms with E-state index in [4.69, 9.17) is 9.72 Å². The molecule has 0 N–H and O–H groups in total.